The smallest absolute Gasteiger partial charge is 0.323 e. The molecule has 0 spiro atoms. The van der Waals surface area contributed by atoms with E-state index in [1.165, 1.54) is 0 Å². The standard InChI is InChI=1S/C17H18ClN3O2/c18-13-2-1-3-15(10-13)21-17(22)20-14-6-4-12(5-7-14)16-11-19-8-9-23-16/h1-7,10,16,19H,8-9,11H2,(H2,20,21,22). The predicted molar refractivity (Wildman–Crippen MR) is 92.1 cm³/mol. The average Bonchev–Trinajstić information content (AvgIpc) is 2.56. The fourth-order valence-corrected chi connectivity index (χ4v) is 2.61. The van der Waals surface area contributed by atoms with E-state index in [9.17, 15) is 4.79 Å². The first kappa shape index (κ1) is 15.8. The van der Waals surface area contributed by atoms with Gasteiger partial charge < -0.3 is 20.7 Å². The van der Waals surface area contributed by atoms with Gasteiger partial charge in [0.25, 0.3) is 0 Å². The SMILES string of the molecule is O=C(Nc1ccc(C2CNCCO2)cc1)Nc1cccc(Cl)c1. The summed E-state index contributed by atoms with van der Waals surface area (Å²) in [6, 6.07) is 14.4. The zero-order valence-electron chi connectivity index (χ0n) is 12.5. The highest BCUT2D eigenvalue weighted by atomic mass is 35.5. The number of morpholine rings is 1. The molecular weight excluding hydrogens is 314 g/mol. The van der Waals surface area contributed by atoms with Crippen molar-refractivity contribution >= 4 is 29.0 Å². The first-order valence-electron chi connectivity index (χ1n) is 7.46. The lowest BCUT2D eigenvalue weighted by Gasteiger charge is -2.24. The zero-order chi connectivity index (χ0) is 16.1. The number of benzene rings is 2. The van der Waals surface area contributed by atoms with Crippen molar-refractivity contribution in [3.8, 4) is 0 Å². The third-order valence-electron chi connectivity index (χ3n) is 3.55. The van der Waals surface area contributed by atoms with Crippen molar-refractivity contribution in [1.29, 1.82) is 0 Å². The topological polar surface area (TPSA) is 62.4 Å². The maximum atomic E-state index is 12.0. The zero-order valence-corrected chi connectivity index (χ0v) is 13.3. The van der Waals surface area contributed by atoms with Crippen LogP contribution < -0.4 is 16.0 Å². The number of amides is 2. The second-order valence-electron chi connectivity index (χ2n) is 5.28. The molecule has 23 heavy (non-hydrogen) atoms. The molecule has 2 amide bonds. The van der Waals surface area contributed by atoms with Crippen molar-refractivity contribution in [3.63, 3.8) is 0 Å². The van der Waals surface area contributed by atoms with Gasteiger partial charge in [-0.2, -0.15) is 0 Å². The molecule has 6 heteroatoms. The first-order valence-corrected chi connectivity index (χ1v) is 7.84. The molecule has 5 nitrogen and oxygen atoms in total. The Balaban J connectivity index is 1.58. The molecule has 0 saturated carbocycles. The Morgan fingerprint density at radius 3 is 2.61 bits per heavy atom. The monoisotopic (exact) mass is 331 g/mol. The molecule has 1 fully saturated rings. The van der Waals surface area contributed by atoms with Crippen molar-refractivity contribution in [3.05, 3.63) is 59.1 Å². The van der Waals surface area contributed by atoms with Crippen LogP contribution >= 0.6 is 11.6 Å². The molecule has 0 bridgehead atoms. The summed E-state index contributed by atoms with van der Waals surface area (Å²) in [5, 5.41) is 9.40. The fourth-order valence-electron chi connectivity index (χ4n) is 2.42. The van der Waals surface area contributed by atoms with E-state index in [4.69, 9.17) is 16.3 Å². The van der Waals surface area contributed by atoms with Crippen molar-refractivity contribution < 1.29 is 9.53 Å². The first-order chi connectivity index (χ1) is 11.2. The summed E-state index contributed by atoms with van der Waals surface area (Å²) in [6.45, 7) is 2.41. The van der Waals surface area contributed by atoms with E-state index in [-0.39, 0.29) is 12.1 Å². The molecule has 1 heterocycles. The molecule has 1 aliphatic heterocycles. The highest BCUT2D eigenvalue weighted by Gasteiger charge is 2.15. The quantitative estimate of drug-likeness (QED) is 0.804. The molecule has 1 aliphatic rings. The maximum Gasteiger partial charge on any atom is 0.323 e. The van der Waals surface area contributed by atoms with Gasteiger partial charge in [-0.1, -0.05) is 29.8 Å². The molecule has 1 unspecified atom stereocenters. The van der Waals surface area contributed by atoms with Gasteiger partial charge in [-0.3, -0.25) is 0 Å². The van der Waals surface area contributed by atoms with Crippen LogP contribution in [0.2, 0.25) is 5.02 Å². The third kappa shape index (κ3) is 4.45. The summed E-state index contributed by atoms with van der Waals surface area (Å²) >= 11 is 5.89. The number of carbonyl (C=O) groups is 1. The lowest BCUT2D eigenvalue weighted by Crippen LogP contribution is -2.33. The lowest BCUT2D eigenvalue weighted by molar-refractivity contribution is 0.0277. The van der Waals surface area contributed by atoms with Gasteiger partial charge in [0.1, 0.15) is 0 Å². The molecule has 1 saturated heterocycles. The molecule has 120 valence electrons. The molecule has 2 aromatic rings. The van der Waals surface area contributed by atoms with Crippen LogP contribution in [0.15, 0.2) is 48.5 Å². The van der Waals surface area contributed by atoms with E-state index in [2.05, 4.69) is 16.0 Å². The van der Waals surface area contributed by atoms with Crippen LogP contribution in [0, 0.1) is 0 Å². The largest absolute Gasteiger partial charge is 0.371 e. The van der Waals surface area contributed by atoms with Crippen LogP contribution in [-0.2, 0) is 4.74 Å². The maximum absolute atomic E-state index is 12.0. The van der Waals surface area contributed by atoms with Gasteiger partial charge in [0.05, 0.1) is 12.7 Å². The summed E-state index contributed by atoms with van der Waals surface area (Å²) in [5.74, 6) is 0. The average molecular weight is 332 g/mol. The second kappa shape index (κ2) is 7.46. The number of anilines is 2. The van der Waals surface area contributed by atoms with Crippen molar-refractivity contribution in [1.82, 2.24) is 5.32 Å². The van der Waals surface area contributed by atoms with E-state index in [0.29, 0.717) is 17.3 Å². The summed E-state index contributed by atoms with van der Waals surface area (Å²) in [6.07, 6.45) is 0.0677. The summed E-state index contributed by atoms with van der Waals surface area (Å²) in [7, 11) is 0. The number of halogens is 1. The number of ether oxygens (including phenoxy) is 1. The number of nitrogens with one attached hydrogen (secondary N) is 3. The van der Waals surface area contributed by atoms with Gasteiger partial charge in [-0.05, 0) is 35.9 Å². The number of rotatable bonds is 3. The van der Waals surface area contributed by atoms with Gasteiger partial charge in [-0.15, -0.1) is 0 Å². The Kier molecular flexibility index (Phi) is 5.12. The number of hydrogen-bond acceptors (Lipinski definition) is 3. The molecule has 0 aliphatic carbocycles. The summed E-state index contributed by atoms with van der Waals surface area (Å²) in [5.41, 5.74) is 2.46. The molecule has 3 N–H and O–H groups in total. The van der Waals surface area contributed by atoms with Crippen LogP contribution in [0.1, 0.15) is 11.7 Å². The van der Waals surface area contributed by atoms with Gasteiger partial charge in [0.15, 0.2) is 0 Å². The van der Waals surface area contributed by atoms with Crippen LogP contribution in [-0.4, -0.2) is 25.7 Å². The van der Waals surface area contributed by atoms with Crippen molar-refractivity contribution in [2.24, 2.45) is 0 Å². The minimum Gasteiger partial charge on any atom is -0.371 e. The van der Waals surface area contributed by atoms with E-state index >= 15 is 0 Å². The van der Waals surface area contributed by atoms with E-state index in [1.807, 2.05) is 24.3 Å². The molecule has 1 atom stereocenters. The highest BCUT2D eigenvalue weighted by Crippen LogP contribution is 2.21. The number of carbonyl (C=O) groups excluding carboxylic acids is 1. The Morgan fingerprint density at radius 1 is 1.13 bits per heavy atom. The molecule has 0 aromatic heterocycles. The van der Waals surface area contributed by atoms with Crippen LogP contribution in [0.5, 0.6) is 0 Å². The predicted octanol–water partition coefficient (Wildman–Crippen LogP) is 3.64. The van der Waals surface area contributed by atoms with Crippen LogP contribution in [0.4, 0.5) is 16.2 Å². The lowest BCUT2D eigenvalue weighted by atomic mass is 10.1. The van der Waals surface area contributed by atoms with Crippen LogP contribution in [0.25, 0.3) is 0 Å². The number of urea groups is 1. The Hall–Kier alpha value is -2.08. The van der Waals surface area contributed by atoms with Crippen LogP contribution in [0.3, 0.4) is 0 Å². The molecule has 2 aromatic carbocycles. The van der Waals surface area contributed by atoms with E-state index in [0.717, 1.165) is 24.3 Å². The van der Waals surface area contributed by atoms with E-state index in [1.54, 1.807) is 24.3 Å². The summed E-state index contributed by atoms with van der Waals surface area (Å²) in [4.78, 5) is 12.0. The van der Waals surface area contributed by atoms with Gasteiger partial charge in [-0.25, -0.2) is 4.79 Å². The Labute approximate surface area is 140 Å². The van der Waals surface area contributed by atoms with Gasteiger partial charge in [0, 0.05) is 29.5 Å². The van der Waals surface area contributed by atoms with Crippen molar-refractivity contribution in [2.75, 3.05) is 30.3 Å². The normalized spacial score (nSPS) is 17.5. The van der Waals surface area contributed by atoms with Gasteiger partial charge in [0.2, 0.25) is 0 Å². The Morgan fingerprint density at radius 2 is 1.91 bits per heavy atom. The minimum absolute atomic E-state index is 0.0677. The minimum atomic E-state index is -0.310. The fraction of sp³-hybridized carbons (Fsp3) is 0.235. The molecule has 0 radical (unpaired) electrons. The van der Waals surface area contributed by atoms with E-state index < -0.39 is 0 Å². The second-order valence-corrected chi connectivity index (χ2v) is 5.71. The third-order valence-corrected chi connectivity index (χ3v) is 3.79. The number of hydrogen-bond donors (Lipinski definition) is 3. The summed E-state index contributed by atoms with van der Waals surface area (Å²) < 4.78 is 5.70. The highest BCUT2D eigenvalue weighted by molar-refractivity contribution is 6.30. The molecular formula is C17H18ClN3O2. The Bertz CT molecular complexity index is 670. The van der Waals surface area contributed by atoms with Crippen molar-refractivity contribution in [2.45, 2.75) is 6.10 Å². The molecule has 3 rings (SSSR count). The van der Waals surface area contributed by atoms with Gasteiger partial charge >= 0.3 is 6.03 Å².